The zero-order valence-corrected chi connectivity index (χ0v) is 18.5. The first-order valence-electron chi connectivity index (χ1n) is 10.2. The number of nitrogens with zero attached hydrogens (tertiary/aromatic N) is 3. The van der Waals surface area contributed by atoms with Crippen LogP contribution >= 0.6 is 23.1 Å². The molecular formula is C24H23N3OS2. The third-order valence-corrected chi connectivity index (χ3v) is 7.51. The van der Waals surface area contributed by atoms with Crippen molar-refractivity contribution in [3.63, 3.8) is 0 Å². The number of piperazine rings is 1. The third kappa shape index (κ3) is 3.77. The second-order valence-corrected chi connectivity index (χ2v) is 9.40. The van der Waals surface area contributed by atoms with Crippen molar-refractivity contribution in [1.82, 2.24) is 9.88 Å². The molecule has 1 saturated heterocycles. The number of anilines is 1. The quantitative estimate of drug-likeness (QED) is 0.422. The number of rotatable bonds is 4. The Bertz CT molecular complexity index is 1210. The molecule has 6 heteroatoms. The summed E-state index contributed by atoms with van der Waals surface area (Å²) < 4.78 is 1.23. The second kappa shape index (κ2) is 8.28. The van der Waals surface area contributed by atoms with Gasteiger partial charge in [-0.2, -0.15) is 0 Å². The van der Waals surface area contributed by atoms with Crippen molar-refractivity contribution in [1.29, 1.82) is 0 Å². The standard InChI is InChI=1S/C24H23N3OS2/c1-29-19-9-10-21-22(16-19)30-24(25-21)27-13-11-26(12-14-27)23(28)15-18-7-4-6-17-5-2-3-8-20(17)18/h2-10,16H,11-15H2,1H3. The molecule has 0 bridgehead atoms. The van der Waals surface area contributed by atoms with Crippen LogP contribution in [0.5, 0.6) is 0 Å². The van der Waals surface area contributed by atoms with E-state index in [2.05, 4.69) is 53.6 Å². The summed E-state index contributed by atoms with van der Waals surface area (Å²) in [5, 5.41) is 3.42. The van der Waals surface area contributed by atoms with Crippen LogP contribution in [0.4, 0.5) is 5.13 Å². The van der Waals surface area contributed by atoms with E-state index in [4.69, 9.17) is 4.98 Å². The van der Waals surface area contributed by atoms with E-state index in [1.165, 1.54) is 20.4 Å². The molecule has 1 aliphatic heterocycles. The van der Waals surface area contributed by atoms with E-state index in [-0.39, 0.29) is 5.91 Å². The Morgan fingerprint density at radius 3 is 2.67 bits per heavy atom. The largest absolute Gasteiger partial charge is 0.345 e. The lowest BCUT2D eigenvalue weighted by Gasteiger charge is -2.34. The second-order valence-electron chi connectivity index (χ2n) is 7.51. The number of thioether (sulfide) groups is 1. The van der Waals surface area contributed by atoms with E-state index in [0.717, 1.165) is 42.4 Å². The minimum atomic E-state index is 0.208. The van der Waals surface area contributed by atoms with Crippen LogP contribution in [0.25, 0.3) is 21.0 Å². The molecule has 4 aromatic rings. The Balaban J connectivity index is 1.26. The monoisotopic (exact) mass is 433 g/mol. The van der Waals surface area contributed by atoms with Crippen molar-refractivity contribution in [2.75, 3.05) is 37.3 Å². The minimum absolute atomic E-state index is 0.208. The van der Waals surface area contributed by atoms with Crippen molar-refractivity contribution >= 4 is 55.1 Å². The van der Waals surface area contributed by atoms with E-state index in [0.29, 0.717) is 6.42 Å². The van der Waals surface area contributed by atoms with Crippen LogP contribution < -0.4 is 4.90 Å². The summed E-state index contributed by atoms with van der Waals surface area (Å²) in [6.07, 6.45) is 2.55. The molecule has 0 N–H and O–H groups in total. The number of hydrogen-bond acceptors (Lipinski definition) is 5. The maximum absolute atomic E-state index is 13.0. The molecule has 30 heavy (non-hydrogen) atoms. The van der Waals surface area contributed by atoms with Crippen molar-refractivity contribution in [2.24, 2.45) is 0 Å². The summed E-state index contributed by atoms with van der Waals surface area (Å²) >= 11 is 3.50. The highest BCUT2D eigenvalue weighted by Gasteiger charge is 2.23. The van der Waals surface area contributed by atoms with Gasteiger partial charge in [0.2, 0.25) is 5.91 Å². The molecule has 0 atom stereocenters. The van der Waals surface area contributed by atoms with E-state index >= 15 is 0 Å². The van der Waals surface area contributed by atoms with E-state index in [1.807, 2.05) is 23.1 Å². The van der Waals surface area contributed by atoms with Gasteiger partial charge in [-0.3, -0.25) is 4.79 Å². The topological polar surface area (TPSA) is 36.4 Å². The fourth-order valence-electron chi connectivity index (χ4n) is 4.02. The van der Waals surface area contributed by atoms with E-state index in [9.17, 15) is 4.79 Å². The number of fused-ring (bicyclic) bond motifs is 2. The van der Waals surface area contributed by atoms with Crippen LogP contribution in [0, 0.1) is 0 Å². The molecule has 2 heterocycles. The van der Waals surface area contributed by atoms with Crippen molar-refractivity contribution in [3.8, 4) is 0 Å². The Hall–Kier alpha value is -2.57. The number of amides is 1. The van der Waals surface area contributed by atoms with Crippen LogP contribution in [0.15, 0.2) is 65.6 Å². The molecule has 4 nitrogen and oxygen atoms in total. The zero-order valence-electron chi connectivity index (χ0n) is 16.9. The van der Waals surface area contributed by atoms with Crippen LogP contribution in [0.2, 0.25) is 0 Å². The molecule has 0 radical (unpaired) electrons. The van der Waals surface area contributed by atoms with E-state index < -0.39 is 0 Å². The molecule has 5 rings (SSSR count). The van der Waals surface area contributed by atoms with Gasteiger partial charge in [0.1, 0.15) is 0 Å². The highest BCUT2D eigenvalue weighted by molar-refractivity contribution is 7.98. The summed E-state index contributed by atoms with van der Waals surface area (Å²) in [6, 6.07) is 20.9. The Labute approximate surface area is 184 Å². The first kappa shape index (κ1) is 19.4. The van der Waals surface area contributed by atoms with Crippen molar-refractivity contribution in [3.05, 3.63) is 66.2 Å². The Kier molecular flexibility index (Phi) is 5.35. The highest BCUT2D eigenvalue weighted by Crippen LogP contribution is 2.32. The molecule has 1 aliphatic rings. The minimum Gasteiger partial charge on any atom is -0.345 e. The van der Waals surface area contributed by atoms with Crippen LogP contribution in [0.3, 0.4) is 0 Å². The highest BCUT2D eigenvalue weighted by atomic mass is 32.2. The Morgan fingerprint density at radius 2 is 1.83 bits per heavy atom. The Morgan fingerprint density at radius 1 is 1.03 bits per heavy atom. The number of benzene rings is 3. The van der Waals surface area contributed by atoms with Gasteiger partial charge in [-0.05, 0) is 40.8 Å². The third-order valence-electron chi connectivity index (χ3n) is 5.71. The molecule has 1 amide bonds. The number of hydrogen-bond donors (Lipinski definition) is 0. The van der Waals surface area contributed by atoms with Gasteiger partial charge in [0.05, 0.1) is 16.6 Å². The first-order valence-corrected chi connectivity index (χ1v) is 12.2. The summed E-state index contributed by atoms with van der Waals surface area (Å²) in [6.45, 7) is 3.15. The van der Waals surface area contributed by atoms with Crippen molar-refractivity contribution < 1.29 is 4.79 Å². The lowest BCUT2D eigenvalue weighted by atomic mass is 10.0. The van der Waals surface area contributed by atoms with Crippen molar-refractivity contribution in [2.45, 2.75) is 11.3 Å². The fourth-order valence-corrected chi connectivity index (χ4v) is 5.59. The summed E-state index contributed by atoms with van der Waals surface area (Å²) in [5.41, 5.74) is 2.17. The fraction of sp³-hybridized carbons (Fsp3) is 0.250. The van der Waals surface area contributed by atoms with Crippen LogP contribution in [0.1, 0.15) is 5.56 Å². The average molecular weight is 434 g/mol. The molecule has 152 valence electrons. The number of aromatic nitrogens is 1. The van der Waals surface area contributed by atoms with E-state index in [1.54, 1.807) is 23.1 Å². The lowest BCUT2D eigenvalue weighted by Crippen LogP contribution is -2.49. The maximum atomic E-state index is 13.0. The van der Waals surface area contributed by atoms with Crippen LogP contribution in [-0.2, 0) is 11.2 Å². The van der Waals surface area contributed by atoms with Gasteiger partial charge in [-0.15, -0.1) is 11.8 Å². The van der Waals surface area contributed by atoms with Gasteiger partial charge in [0, 0.05) is 31.1 Å². The average Bonchev–Trinajstić information content (AvgIpc) is 3.23. The SMILES string of the molecule is CSc1ccc2nc(N3CCN(C(=O)Cc4cccc5ccccc45)CC3)sc2c1. The van der Waals surface area contributed by atoms with Gasteiger partial charge < -0.3 is 9.80 Å². The van der Waals surface area contributed by atoms with Gasteiger partial charge in [0.25, 0.3) is 0 Å². The first-order chi connectivity index (χ1) is 14.7. The molecule has 3 aromatic carbocycles. The molecule has 0 unspecified atom stereocenters. The van der Waals surface area contributed by atoms with Gasteiger partial charge in [-0.1, -0.05) is 53.8 Å². The molecule has 1 aromatic heterocycles. The van der Waals surface area contributed by atoms with Gasteiger partial charge in [0.15, 0.2) is 5.13 Å². The van der Waals surface area contributed by atoms with Gasteiger partial charge in [-0.25, -0.2) is 4.98 Å². The number of thiazole rings is 1. The molecule has 1 fully saturated rings. The van der Waals surface area contributed by atoms with Crippen LogP contribution in [-0.4, -0.2) is 48.2 Å². The summed E-state index contributed by atoms with van der Waals surface area (Å²) in [4.78, 5) is 23.3. The zero-order chi connectivity index (χ0) is 20.5. The summed E-state index contributed by atoms with van der Waals surface area (Å²) in [5.74, 6) is 0.208. The smallest absolute Gasteiger partial charge is 0.227 e. The molecular weight excluding hydrogens is 410 g/mol. The number of carbonyl (C=O) groups is 1. The normalized spacial score (nSPS) is 14.6. The predicted octanol–water partition coefficient (Wildman–Crippen LogP) is 5.06. The molecule has 0 saturated carbocycles. The molecule has 0 spiro atoms. The summed E-state index contributed by atoms with van der Waals surface area (Å²) in [7, 11) is 0. The number of carbonyl (C=O) groups excluding carboxylic acids is 1. The maximum Gasteiger partial charge on any atom is 0.227 e. The molecule has 0 aliphatic carbocycles. The lowest BCUT2D eigenvalue weighted by molar-refractivity contribution is -0.130. The van der Waals surface area contributed by atoms with Gasteiger partial charge >= 0.3 is 0 Å². The predicted molar refractivity (Wildman–Crippen MR) is 128 cm³/mol.